The molecule has 1 heterocycles. The molecule has 0 atom stereocenters. The number of hydrogen-bond donors (Lipinski definition) is 1. The van der Waals surface area contributed by atoms with Crippen molar-refractivity contribution in [1.29, 1.82) is 0 Å². The molecule has 5 nitrogen and oxygen atoms in total. The Labute approximate surface area is 119 Å². The van der Waals surface area contributed by atoms with Gasteiger partial charge in [0.1, 0.15) is 5.75 Å². The number of ether oxygens (including phenoxy) is 1. The first-order chi connectivity index (χ1) is 9.72. The monoisotopic (exact) mass is 275 g/mol. The number of piperazine rings is 1. The largest absolute Gasteiger partial charge is 0.484 e. The molecule has 20 heavy (non-hydrogen) atoms. The molecule has 1 saturated heterocycles. The number of amides is 1. The Bertz CT molecular complexity index is 463. The summed E-state index contributed by atoms with van der Waals surface area (Å²) in [5, 5.41) is 0. The molecule has 1 aromatic rings. The van der Waals surface area contributed by atoms with E-state index in [4.69, 9.17) is 10.5 Å². The first-order valence-electron chi connectivity index (χ1n) is 7.22. The minimum absolute atomic E-state index is 0.0669. The van der Waals surface area contributed by atoms with Crippen LogP contribution >= 0.6 is 0 Å². The van der Waals surface area contributed by atoms with Crippen molar-refractivity contribution < 1.29 is 9.53 Å². The van der Waals surface area contributed by atoms with Crippen molar-refractivity contribution in [2.75, 3.05) is 38.5 Å². The van der Waals surface area contributed by atoms with Gasteiger partial charge in [-0.2, -0.15) is 0 Å². The fraction of sp³-hybridized carbons (Fsp3) is 0.533. The number of anilines is 1. The Balaban J connectivity index is 1.43. The van der Waals surface area contributed by atoms with Crippen molar-refractivity contribution in [3.05, 3.63) is 24.3 Å². The number of nitrogens with zero attached hydrogens (tertiary/aromatic N) is 2. The summed E-state index contributed by atoms with van der Waals surface area (Å²) in [6.45, 7) is 3.74. The van der Waals surface area contributed by atoms with Gasteiger partial charge in [0.05, 0.1) is 0 Å². The van der Waals surface area contributed by atoms with E-state index in [1.54, 1.807) is 24.3 Å². The lowest BCUT2D eigenvalue weighted by atomic mass is 10.3. The maximum atomic E-state index is 12.1. The first-order valence-corrected chi connectivity index (χ1v) is 7.22. The van der Waals surface area contributed by atoms with E-state index in [0.717, 1.165) is 32.2 Å². The summed E-state index contributed by atoms with van der Waals surface area (Å²) in [4.78, 5) is 16.5. The molecule has 1 amide bonds. The second-order valence-corrected chi connectivity index (χ2v) is 5.51. The molecule has 0 bridgehead atoms. The molecule has 1 aliphatic heterocycles. The number of carbonyl (C=O) groups is 1. The number of nitrogen functional groups attached to an aromatic ring is 1. The normalized spacial score (nSPS) is 19.9. The van der Waals surface area contributed by atoms with Gasteiger partial charge in [0, 0.05) is 37.9 Å². The predicted molar refractivity (Wildman–Crippen MR) is 77.5 cm³/mol. The van der Waals surface area contributed by atoms with Crippen LogP contribution in [0, 0.1) is 0 Å². The summed E-state index contributed by atoms with van der Waals surface area (Å²) in [7, 11) is 0. The quantitative estimate of drug-likeness (QED) is 0.831. The van der Waals surface area contributed by atoms with Crippen LogP contribution in [0.4, 0.5) is 5.69 Å². The Hall–Kier alpha value is -1.75. The minimum atomic E-state index is 0.0669. The van der Waals surface area contributed by atoms with E-state index in [1.165, 1.54) is 12.8 Å². The summed E-state index contributed by atoms with van der Waals surface area (Å²) in [5.74, 6) is 0.751. The lowest BCUT2D eigenvalue weighted by Crippen LogP contribution is -2.50. The van der Waals surface area contributed by atoms with Gasteiger partial charge in [0.25, 0.3) is 5.91 Å². The molecule has 0 aromatic heterocycles. The van der Waals surface area contributed by atoms with Gasteiger partial charge in [-0.1, -0.05) is 0 Å². The molecular weight excluding hydrogens is 254 g/mol. The summed E-state index contributed by atoms with van der Waals surface area (Å²) >= 11 is 0. The summed E-state index contributed by atoms with van der Waals surface area (Å²) < 4.78 is 5.50. The van der Waals surface area contributed by atoms with E-state index < -0.39 is 0 Å². The zero-order chi connectivity index (χ0) is 13.9. The SMILES string of the molecule is Nc1ccc(OCC(=O)N2CCN(C3CC3)CC2)cc1. The van der Waals surface area contributed by atoms with Gasteiger partial charge in [0.15, 0.2) is 6.61 Å². The van der Waals surface area contributed by atoms with E-state index in [2.05, 4.69) is 4.90 Å². The van der Waals surface area contributed by atoms with Crippen LogP contribution in [-0.4, -0.2) is 54.5 Å². The molecular formula is C15H21N3O2. The first kappa shape index (κ1) is 13.2. The van der Waals surface area contributed by atoms with Gasteiger partial charge in [-0.15, -0.1) is 0 Å². The van der Waals surface area contributed by atoms with Crippen molar-refractivity contribution in [3.8, 4) is 5.75 Å². The molecule has 3 rings (SSSR count). The lowest BCUT2D eigenvalue weighted by Gasteiger charge is -2.34. The molecule has 1 aromatic carbocycles. The highest BCUT2D eigenvalue weighted by Gasteiger charge is 2.32. The van der Waals surface area contributed by atoms with Crippen molar-refractivity contribution in [2.24, 2.45) is 0 Å². The Morgan fingerprint density at radius 2 is 1.80 bits per heavy atom. The number of hydrogen-bond acceptors (Lipinski definition) is 4. The Morgan fingerprint density at radius 1 is 1.15 bits per heavy atom. The van der Waals surface area contributed by atoms with Gasteiger partial charge in [-0.05, 0) is 37.1 Å². The second-order valence-electron chi connectivity index (χ2n) is 5.51. The van der Waals surface area contributed by atoms with Crippen molar-refractivity contribution in [3.63, 3.8) is 0 Å². The van der Waals surface area contributed by atoms with E-state index >= 15 is 0 Å². The smallest absolute Gasteiger partial charge is 0.260 e. The van der Waals surface area contributed by atoms with Crippen LogP contribution in [0.1, 0.15) is 12.8 Å². The third kappa shape index (κ3) is 3.22. The molecule has 0 radical (unpaired) electrons. The molecule has 2 N–H and O–H groups in total. The van der Waals surface area contributed by atoms with E-state index in [1.807, 2.05) is 4.90 Å². The fourth-order valence-electron chi connectivity index (χ4n) is 2.58. The number of rotatable bonds is 4. The highest BCUT2D eigenvalue weighted by atomic mass is 16.5. The average molecular weight is 275 g/mol. The van der Waals surface area contributed by atoms with Crippen LogP contribution in [0.3, 0.4) is 0 Å². The third-order valence-electron chi connectivity index (χ3n) is 3.97. The van der Waals surface area contributed by atoms with Crippen LogP contribution < -0.4 is 10.5 Å². The summed E-state index contributed by atoms with van der Waals surface area (Å²) in [6, 6.07) is 7.90. The Kier molecular flexibility index (Phi) is 3.78. The molecule has 0 unspecified atom stereocenters. The van der Waals surface area contributed by atoms with Gasteiger partial charge < -0.3 is 15.4 Å². The summed E-state index contributed by atoms with van der Waals surface area (Å²) in [5.41, 5.74) is 6.30. The minimum Gasteiger partial charge on any atom is -0.484 e. The van der Waals surface area contributed by atoms with Gasteiger partial charge in [-0.25, -0.2) is 0 Å². The topological polar surface area (TPSA) is 58.8 Å². The highest BCUT2D eigenvalue weighted by molar-refractivity contribution is 5.77. The highest BCUT2D eigenvalue weighted by Crippen LogP contribution is 2.27. The molecule has 1 aliphatic carbocycles. The zero-order valence-corrected chi connectivity index (χ0v) is 11.6. The van der Waals surface area contributed by atoms with E-state index in [9.17, 15) is 4.79 Å². The predicted octanol–water partition coefficient (Wildman–Crippen LogP) is 0.954. The van der Waals surface area contributed by atoms with Crippen LogP contribution in [0.2, 0.25) is 0 Å². The van der Waals surface area contributed by atoms with Crippen LogP contribution in [0.15, 0.2) is 24.3 Å². The van der Waals surface area contributed by atoms with Gasteiger partial charge in [0.2, 0.25) is 0 Å². The third-order valence-corrected chi connectivity index (χ3v) is 3.97. The molecule has 108 valence electrons. The molecule has 5 heteroatoms. The van der Waals surface area contributed by atoms with Crippen LogP contribution in [-0.2, 0) is 4.79 Å². The molecule has 0 spiro atoms. The van der Waals surface area contributed by atoms with Crippen LogP contribution in [0.5, 0.6) is 5.75 Å². The van der Waals surface area contributed by atoms with Crippen LogP contribution in [0.25, 0.3) is 0 Å². The lowest BCUT2D eigenvalue weighted by molar-refractivity contribution is -0.135. The number of carbonyl (C=O) groups excluding carboxylic acids is 1. The molecule has 2 fully saturated rings. The maximum Gasteiger partial charge on any atom is 0.260 e. The average Bonchev–Trinajstić information content (AvgIpc) is 3.31. The zero-order valence-electron chi connectivity index (χ0n) is 11.6. The van der Waals surface area contributed by atoms with Crippen molar-refractivity contribution in [1.82, 2.24) is 9.80 Å². The van der Waals surface area contributed by atoms with E-state index in [-0.39, 0.29) is 12.5 Å². The van der Waals surface area contributed by atoms with Crippen molar-refractivity contribution >= 4 is 11.6 Å². The number of nitrogens with two attached hydrogens (primary N) is 1. The Morgan fingerprint density at radius 3 is 2.40 bits per heavy atom. The molecule has 1 saturated carbocycles. The maximum absolute atomic E-state index is 12.1. The fourth-order valence-corrected chi connectivity index (χ4v) is 2.58. The second kappa shape index (κ2) is 5.71. The standard InChI is InChI=1S/C15H21N3O2/c16-12-1-5-14(6-2-12)20-11-15(19)18-9-7-17(8-10-18)13-3-4-13/h1-2,5-6,13H,3-4,7-11,16H2. The summed E-state index contributed by atoms with van der Waals surface area (Å²) in [6.07, 6.45) is 2.66. The van der Waals surface area contributed by atoms with Gasteiger partial charge in [-0.3, -0.25) is 9.69 Å². The number of benzene rings is 1. The van der Waals surface area contributed by atoms with Gasteiger partial charge >= 0.3 is 0 Å². The van der Waals surface area contributed by atoms with E-state index in [0.29, 0.717) is 11.4 Å². The molecule has 2 aliphatic rings. The van der Waals surface area contributed by atoms with Crippen molar-refractivity contribution in [2.45, 2.75) is 18.9 Å².